The molecule has 492 valence electrons. The van der Waals surface area contributed by atoms with Gasteiger partial charge in [0.2, 0.25) is 26.9 Å². The molecule has 0 unspecified atom stereocenters. The molecule has 6 heterocycles. The summed E-state index contributed by atoms with van der Waals surface area (Å²) in [6.45, 7) is -0.225. The van der Waals surface area contributed by atoms with Gasteiger partial charge < -0.3 is 19.6 Å². The molecule has 5 nitrogen and oxygen atoms in total. The number of rotatable bonds is 8. The van der Waals surface area contributed by atoms with Gasteiger partial charge in [0.15, 0.2) is 0 Å². The van der Waals surface area contributed by atoms with Crippen LogP contribution in [0.25, 0.3) is 22.3 Å². The molecule has 106 heavy (non-hydrogen) atoms. The molecule has 0 bridgehead atoms. The van der Waals surface area contributed by atoms with Crippen LogP contribution in [0.3, 0.4) is 0 Å². The maximum Gasteiger partial charge on any atom is 0.246 e. The van der Waals surface area contributed by atoms with E-state index in [1.165, 1.54) is 65.6 Å². The summed E-state index contributed by atoms with van der Waals surface area (Å²) in [5.74, 6) is 0. The Bertz CT molecular complexity index is 5430. The van der Waals surface area contributed by atoms with E-state index in [-0.39, 0.29) is 26.9 Å². The molecule has 16 aromatic rings. The number of anilines is 12. The van der Waals surface area contributed by atoms with E-state index in [9.17, 15) is 0 Å². The monoisotopic (exact) mass is 1360 g/mol. The second kappa shape index (κ2) is 23.3. The molecular weight excluding hydrogens is 1300 g/mol. The summed E-state index contributed by atoms with van der Waals surface area (Å²) in [4.78, 5) is 13.2. The zero-order chi connectivity index (χ0) is 69.8. The molecule has 0 saturated carbocycles. The quantitative estimate of drug-likeness (QED) is 0.142. The third-order valence-corrected chi connectivity index (χ3v) is 28.3. The first kappa shape index (κ1) is 60.7. The fourth-order valence-corrected chi connectivity index (χ4v) is 24.7. The van der Waals surface area contributed by atoms with Crippen LogP contribution in [-0.2, 0) is 9.07 Å². The van der Waals surface area contributed by atoms with E-state index in [0.29, 0.717) is 0 Å². The van der Waals surface area contributed by atoms with Gasteiger partial charge in [-0.1, -0.05) is 313 Å². The molecule has 0 saturated heterocycles. The normalized spacial score (nSPS) is 14.9. The summed E-state index contributed by atoms with van der Waals surface area (Å²) in [6.07, 6.45) is 0. The Morgan fingerprint density at radius 1 is 0.160 bits per heavy atom. The minimum atomic E-state index is -5.01. The number of nitrogens with zero attached hydrogens (tertiary/aromatic N) is 4. The predicted octanol–water partition coefficient (Wildman–Crippen LogP) is 15.2. The molecule has 6 aliphatic heterocycles. The topological polar surface area (TPSA) is 30.0 Å². The molecule has 0 N–H and O–H groups in total. The largest absolute Gasteiger partial charge is 0.311 e. The molecular formula is C96H64B4N4OS. The van der Waals surface area contributed by atoms with Crippen LogP contribution in [0.4, 0.5) is 68.2 Å². The summed E-state index contributed by atoms with van der Waals surface area (Å²) in [7, 11) is -5.01. The summed E-state index contributed by atoms with van der Waals surface area (Å²) < 4.78 is 21.1. The standard InChI is InChI=1S/C96H64B4N4OS/c105-106(89-61-29-57-85(101-77-49-21-13-41-69(77)97(65-33-5-1-6-34-65)70-42-14-22-50-78(70)101)93(89)94-86(58-30-62-90(94)106)102-79-51-23-15-43-71(79)98(66-35-7-2-8-36-66)72-44-16-24-52-80(72)102)91-63-31-59-87(103-81-53-25-17-45-73(81)99(67-37-9-3-10-38-67)74-46-18-26-54-82(74)103)95(91)96-88(60-32-64-92(96)106)104-83-55-27-19-47-75(83)100(68-39-11-4-12-40-68)76-48-20-28-56-84(76)104/h1-64H. The van der Waals surface area contributed by atoms with Crippen LogP contribution >= 0.6 is 0 Å². The molecule has 6 aliphatic rings. The van der Waals surface area contributed by atoms with Gasteiger partial charge in [-0.3, -0.25) is 4.21 Å². The fraction of sp³-hybridized carbons (Fsp3) is 0. The molecule has 0 fully saturated rings. The van der Waals surface area contributed by atoms with Gasteiger partial charge in [-0.15, -0.1) is 0 Å². The van der Waals surface area contributed by atoms with E-state index in [4.69, 9.17) is 0 Å². The van der Waals surface area contributed by atoms with Crippen LogP contribution in [0.2, 0.25) is 0 Å². The van der Waals surface area contributed by atoms with Gasteiger partial charge in [0.05, 0.1) is 22.7 Å². The smallest absolute Gasteiger partial charge is 0.246 e. The van der Waals surface area contributed by atoms with Crippen LogP contribution in [-0.4, -0.2) is 31.1 Å². The predicted molar refractivity (Wildman–Crippen MR) is 448 cm³/mol. The Labute approximate surface area is 619 Å². The Morgan fingerprint density at radius 3 is 0.491 bits per heavy atom. The summed E-state index contributed by atoms with van der Waals surface area (Å²) in [6, 6.07) is 143. The number of fused-ring (bicyclic) bond motifs is 18. The SMILES string of the molecule is O=S12(c3cccc(N4c5ccccc5B(c5ccccc5)c5ccccc54)c3-c3c(N4c5ccccc5B(c5ccccc5)c5ccccc54)cccc31)c1cccc(N3c4ccccc4B(c4ccccc4)c4ccccc43)c1-c1c(N3c4ccccc4B(c4ccccc4)c4ccccc43)cccc12. The highest BCUT2D eigenvalue weighted by Crippen LogP contribution is 2.76. The Hall–Kier alpha value is -12.9. The first-order valence-electron chi connectivity index (χ1n) is 36.9. The van der Waals surface area contributed by atoms with E-state index in [0.717, 1.165) is 110 Å². The number of hydrogen-bond donors (Lipinski definition) is 0. The zero-order valence-electron chi connectivity index (χ0n) is 57.9. The van der Waals surface area contributed by atoms with Crippen molar-refractivity contribution in [2.24, 2.45) is 0 Å². The molecule has 0 aromatic heterocycles. The van der Waals surface area contributed by atoms with Crippen molar-refractivity contribution in [1.82, 2.24) is 0 Å². The van der Waals surface area contributed by atoms with Crippen molar-refractivity contribution < 1.29 is 4.21 Å². The Morgan fingerprint density at radius 2 is 0.311 bits per heavy atom. The second-order valence-corrected chi connectivity index (χ2v) is 32.4. The molecule has 22 rings (SSSR count). The van der Waals surface area contributed by atoms with E-state index in [1.807, 2.05) is 0 Å². The van der Waals surface area contributed by atoms with Crippen molar-refractivity contribution in [1.29, 1.82) is 0 Å². The van der Waals surface area contributed by atoms with Gasteiger partial charge in [-0.2, -0.15) is 0 Å². The highest BCUT2D eigenvalue weighted by molar-refractivity contribution is 8.21. The summed E-state index contributed by atoms with van der Waals surface area (Å²) in [5.41, 5.74) is 30.6. The third-order valence-electron chi connectivity index (χ3n) is 23.6. The van der Waals surface area contributed by atoms with Crippen molar-refractivity contribution in [2.45, 2.75) is 19.6 Å². The Balaban J connectivity index is 0.891. The van der Waals surface area contributed by atoms with E-state index in [1.54, 1.807) is 0 Å². The van der Waals surface area contributed by atoms with Crippen LogP contribution in [0.15, 0.2) is 408 Å². The second-order valence-electron chi connectivity index (χ2n) is 28.7. The lowest BCUT2D eigenvalue weighted by molar-refractivity contribution is 0.658. The maximum atomic E-state index is 21.1. The highest BCUT2D eigenvalue weighted by atomic mass is 32.3. The molecule has 0 amide bonds. The highest BCUT2D eigenvalue weighted by Gasteiger charge is 2.61. The Kier molecular flexibility index (Phi) is 13.4. The van der Waals surface area contributed by atoms with Gasteiger partial charge in [-0.05, 0) is 141 Å². The van der Waals surface area contributed by atoms with Gasteiger partial charge in [-0.25, -0.2) is 0 Å². The lowest BCUT2D eigenvalue weighted by Gasteiger charge is -2.41. The lowest BCUT2D eigenvalue weighted by Crippen LogP contribution is -2.57. The average molecular weight is 1360 g/mol. The van der Waals surface area contributed by atoms with Crippen LogP contribution in [0.5, 0.6) is 0 Å². The molecule has 0 radical (unpaired) electrons. The van der Waals surface area contributed by atoms with Gasteiger partial charge in [0.1, 0.15) is 0 Å². The maximum absolute atomic E-state index is 21.1. The minimum Gasteiger partial charge on any atom is -0.311 e. The minimum absolute atomic E-state index is 0.0562. The van der Waals surface area contributed by atoms with Crippen molar-refractivity contribution in [2.75, 3.05) is 19.6 Å². The van der Waals surface area contributed by atoms with Crippen molar-refractivity contribution in [3.63, 3.8) is 0 Å². The van der Waals surface area contributed by atoms with E-state index in [2.05, 4.69) is 408 Å². The lowest BCUT2D eigenvalue weighted by atomic mass is 9.35. The first-order chi connectivity index (χ1) is 52.5. The molecule has 10 heteroatoms. The first-order valence-corrected chi connectivity index (χ1v) is 38.8. The molecule has 1 spiro atoms. The van der Waals surface area contributed by atoms with Crippen molar-refractivity contribution in [3.05, 3.63) is 388 Å². The summed E-state index contributed by atoms with van der Waals surface area (Å²) >= 11 is 0. The van der Waals surface area contributed by atoms with Crippen molar-refractivity contribution >= 4 is 170 Å². The molecule has 0 atom stereocenters. The third kappa shape index (κ3) is 8.27. The fourth-order valence-electron chi connectivity index (χ4n) is 19.6. The number of benzene rings is 16. The zero-order valence-corrected chi connectivity index (χ0v) is 58.7. The van der Waals surface area contributed by atoms with Gasteiger partial charge in [0.25, 0.3) is 0 Å². The summed E-state index contributed by atoms with van der Waals surface area (Å²) in [5, 5.41) is 0. The average Bonchev–Trinajstić information content (AvgIpc) is 1.46. The van der Waals surface area contributed by atoms with Gasteiger partial charge in [0, 0.05) is 96.4 Å². The van der Waals surface area contributed by atoms with E-state index >= 15 is 4.21 Å². The van der Waals surface area contributed by atoms with Crippen LogP contribution in [0.1, 0.15) is 0 Å². The van der Waals surface area contributed by atoms with E-state index < -0.39 is 9.07 Å². The number of para-hydroxylation sites is 8. The molecule has 16 aromatic carbocycles. The van der Waals surface area contributed by atoms with Crippen molar-refractivity contribution in [3.8, 4) is 22.3 Å². The van der Waals surface area contributed by atoms with Gasteiger partial charge >= 0.3 is 0 Å². The number of hydrogen-bond acceptors (Lipinski definition) is 5. The van der Waals surface area contributed by atoms with Crippen LogP contribution in [0, 0.1) is 0 Å². The molecule has 0 aliphatic carbocycles. The van der Waals surface area contributed by atoms with Crippen LogP contribution < -0.4 is 85.2 Å².